The fraction of sp³-hybridized carbons (Fsp3) is 0. The molecule has 0 unspecified atom stereocenters. The van der Waals surface area contributed by atoms with E-state index in [1.165, 1.54) is 66.8 Å². The Morgan fingerprint density at radius 1 is 0.279 bits per heavy atom. The van der Waals surface area contributed by atoms with Crippen molar-refractivity contribution in [3.63, 3.8) is 0 Å². The average molecular weight is 547 g/mol. The molecule has 1 aliphatic carbocycles. The SMILES string of the molecule is c1cc(-c2ccc3oc4ccccc4c3c2)cc(-c2cccc3c2-c2ccccc2-c2ccccc2-c2ccccc2-3)c1. The third kappa shape index (κ3) is 3.72. The molecule has 0 spiro atoms. The van der Waals surface area contributed by atoms with Crippen molar-refractivity contribution in [2.45, 2.75) is 0 Å². The van der Waals surface area contributed by atoms with Crippen LogP contribution in [0.5, 0.6) is 0 Å². The highest BCUT2D eigenvalue weighted by molar-refractivity contribution is 6.08. The Hall–Kier alpha value is -5.66. The Balaban J connectivity index is 1.29. The average Bonchev–Trinajstić information content (AvgIpc) is 3.45. The normalized spacial score (nSPS) is 11.7. The van der Waals surface area contributed by atoms with E-state index < -0.39 is 0 Å². The second-order valence-corrected chi connectivity index (χ2v) is 11.3. The van der Waals surface area contributed by atoms with Gasteiger partial charge < -0.3 is 4.42 Å². The first kappa shape index (κ1) is 24.0. The highest BCUT2D eigenvalue weighted by atomic mass is 16.3. The Morgan fingerprint density at radius 2 is 0.767 bits per heavy atom. The molecule has 9 rings (SSSR count). The first-order valence-corrected chi connectivity index (χ1v) is 14.8. The van der Waals surface area contributed by atoms with E-state index in [1.807, 2.05) is 12.1 Å². The monoisotopic (exact) mass is 546 g/mol. The van der Waals surface area contributed by atoms with Gasteiger partial charge >= 0.3 is 0 Å². The number of para-hydroxylation sites is 1. The maximum atomic E-state index is 6.11. The lowest BCUT2D eigenvalue weighted by molar-refractivity contribution is 0.669. The van der Waals surface area contributed by atoms with Gasteiger partial charge in [-0.15, -0.1) is 0 Å². The van der Waals surface area contributed by atoms with E-state index in [4.69, 9.17) is 4.42 Å². The molecule has 1 heteroatoms. The van der Waals surface area contributed by atoms with Gasteiger partial charge in [-0.1, -0.05) is 133 Å². The second kappa shape index (κ2) is 9.44. The van der Waals surface area contributed by atoms with Crippen LogP contribution in [-0.4, -0.2) is 0 Å². The summed E-state index contributed by atoms with van der Waals surface area (Å²) in [6, 6.07) is 57.0. The molecule has 0 atom stereocenters. The van der Waals surface area contributed by atoms with Gasteiger partial charge in [0.05, 0.1) is 0 Å². The minimum Gasteiger partial charge on any atom is -0.456 e. The van der Waals surface area contributed by atoms with E-state index in [9.17, 15) is 0 Å². The van der Waals surface area contributed by atoms with Crippen LogP contribution >= 0.6 is 0 Å². The van der Waals surface area contributed by atoms with Gasteiger partial charge in [0, 0.05) is 10.8 Å². The topological polar surface area (TPSA) is 13.1 Å². The van der Waals surface area contributed by atoms with Gasteiger partial charge in [-0.25, -0.2) is 0 Å². The third-order valence-corrected chi connectivity index (χ3v) is 8.87. The Labute approximate surface area is 250 Å². The van der Waals surface area contributed by atoms with Crippen molar-refractivity contribution in [3.05, 3.63) is 158 Å². The number of benzene rings is 7. The van der Waals surface area contributed by atoms with Crippen LogP contribution in [0.15, 0.2) is 162 Å². The maximum Gasteiger partial charge on any atom is 0.135 e. The standard InChI is InChI=1S/C42H26O/c1-2-14-32-31(13-1)33-15-3-4-16-35(33)38-21-10-20-30(42(38)37-19-6-5-17-34(32)37)29-12-9-11-27(25-29)28-23-24-41-39(26-28)36-18-7-8-22-40(36)43-41/h1-26H. The lowest BCUT2D eigenvalue weighted by Crippen LogP contribution is -1.98. The molecule has 0 saturated carbocycles. The smallest absolute Gasteiger partial charge is 0.135 e. The van der Waals surface area contributed by atoms with E-state index in [1.54, 1.807) is 0 Å². The maximum absolute atomic E-state index is 6.11. The summed E-state index contributed by atoms with van der Waals surface area (Å²) >= 11 is 0. The van der Waals surface area contributed by atoms with Gasteiger partial charge in [0.2, 0.25) is 0 Å². The van der Waals surface area contributed by atoms with Crippen LogP contribution in [0.1, 0.15) is 0 Å². The van der Waals surface area contributed by atoms with Crippen molar-refractivity contribution in [3.8, 4) is 66.8 Å². The zero-order valence-corrected chi connectivity index (χ0v) is 23.4. The van der Waals surface area contributed by atoms with E-state index in [2.05, 4.69) is 146 Å². The number of furan rings is 1. The first-order chi connectivity index (χ1) is 21.3. The highest BCUT2D eigenvalue weighted by Gasteiger charge is 2.23. The molecule has 0 fully saturated rings. The lowest BCUT2D eigenvalue weighted by atomic mass is 9.78. The molecule has 1 heterocycles. The molecule has 8 aromatic rings. The van der Waals surface area contributed by atoms with Crippen LogP contribution < -0.4 is 0 Å². The molecular formula is C42H26O. The molecule has 0 amide bonds. The van der Waals surface area contributed by atoms with Crippen LogP contribution in [0, 0.1) is 0 Å². The molecule has 0 N–H and O–H groups in total. The minimum atomic E-state index is 0.918. The summed E-state index contributed by atoms with van der Waals surface area (Å²) in [5.74, 6) is 0. The predicted molar refractivity (Wildman–Crippen MR) is 180 cm³/mol. The van der Waals surface area contributed by atoms with Crippen LogP contribution in [-0.2, 0) is 0 Å². The molecule has 0 radical (unpaired) electrons. The van der Waals surface area contributed by atoms with Gasteiger partial charge in [-0.3, -0.25) is 0 Å². The summed E-state index contributed by atoms with van der Waals surface area (Å²) in [5.41, 5.74) is 16.7. The van der Waals surface area contributed by atoms with Crippen molar-refractivity contribution in [2.75, 3.05) is 0 Å². The molecule has 0 bridgehead atoms. The Kier molecular flexibility index (Phi) is 5.27. The van der Waals surface area contributed by atoms with Crippen molar-refractivity contribution >= 4 is 21.9 Å². The summed E-state index contributed by atoms with van der Waals surface area (Å²) in [6.45, 7) is 0. The van der Waals surface area contributed by atoms with Crippen molar-refractivity contribution in [1.82, 2.24) is 0 Å². The molecule has 1 aliphatic rings. The number of hydrogen-bond acceptors (Lipinski definition) is 1. The minimum absolute atomic E-state index is 0.918. The van der Waals surface area contributed by atoms with Crippen molar-refractivity contribution in [2.24, 2.45) is 0 Å². The highest BCUT2D eigenvalue weighted by Crippen LogP contribution is 2.50. The van der Waals surface area contributed by atoms with Gasteiger partial charge in [0.1, 0.15) is 11.2 Å². The van der Waals surface area contributed by atoms with E-state index in [0.717, 1.165) is 21.9 Å². The zero-order valence-electron chi connectivity index (χ0n) is 23.4. The van der Waals surface area contributed by atoms with Crippen LogP contribution in [0.3, 0.4) is 0 Å². The fourth-order valence-corrected chi connectivity index (χ4v) is 6.92. The van der Waals surface area contributed by atoms with E-state index in [0.29, 0.717) is 0 Å². The Bertz CT molecular complexity index is 2350. The predicted octanol–water partition coefficient (Wildman–Crippen LogP) is 11.9. The van der Waals surface area contributed by atoms with Gasteiger partial charge in [0.25, 0.3) is 0 Å². The molecule has 1 aromatic heterocycles. The Morgan fingerprint density at radius 3 is 1.51 bits per heavy atom. The summed E-state index contributed by atoms with van der Waals surface area (Å²) in [5, 5.41) is 2.29. The van der Waals surface area contributed by atoms with Crippen LogP contribution in [0.25, 0.3) is 88.7 Å². The van der Waals surface area contributed by atoms with Crippen LogP contribution in [0.2, 0.25) is 0 Å². The third-order valence-electron chi connectivity index (χ3n) is 8.87. The second-order valence-electron chi connectivity index (χ2n) is 11.3. The quantitative estimate of drug-likeness (QED) is 0.210. The lowest BCUT2D eigenvalue weighted by Gasteiger charge is -2.25. The molecular weight excluding hydrogens is 520 g/mol. The molecule has 7 aromatic carbocycles. The molecule has 0 saturated heterocycles. The first-order valence-electron chi connectivity index (χ1n) is 14.8. The van der Waals surface area contributed by atoms with Crippen LogP contribution in [0.4, 0.5) is 0 Å². The van der Waals surface area contributed by atoms with Gasteiger partial charge in [-0.2, -0.15) is 0 Å². The molecule has 43 heavy (non-hydrogen) atoms. The summed E-state index contributed by atoms with van der Waals surface area (Å²) in [4.78, 5) is 0. The fourth-order valence-electron chi connectivity index (χ4n) is 6.92. The van der Waals surface area contributed by atoms with E-state index in [-0.39, 0.29) is 0 Å². The number of rotatable bonds is 2. The van der Waals surface area contributed by atoms with E-state index >= 15 is 0 Å². The van der Waals surface area contributed by atoms with Gasteiger partial charge in [-0.05, 0) is 91.0 Å². The molecule has 0 aliphatic heterocycles. The summed E-state index contributed by atoms with van der Waals surface area (Å²) in [7, 11) is 0. The zero-order chi connectivity index (χ0) is 28.3. The summed E-state index contributed by atoms with van der Waals surface area (Å²) < 4.78 is 6.11. The largest absolute Gasteiger partial charge is 0.456 e. The number of fused-ring (bicyclic) bond motifs is 11. The summed E-state index contributed by atoms with van der Waals surface area (Å²) in [6.07, 6.45) is 0. The molecule has 200 valence electrons. The molecule has 1 nitrogen and oxygen atoms in total. The number of hydrogen-bond donors (Lipinski definition) is 0. The van der Waals surface area contributed by atoms with Crippen molar-refractivity contribution < 1.29 is 4.42 Å². The van der Waals surface area contributed by atoms with Gasteiger partial charge in [0.15, 0.2) is 0 Å². The van der Waals surface area contributed by atoms with Crippen molar-refractivity contribution in [1.29, 1.82) is 0 Å².